The van der Waals surface area contributed by atoms with Crippen LogP contribution in [0.1, 0.15) is 5.69 Å². The highest BCUT2D eigenvalue weighted by molar-refractivity contribution is 5.89. The minimum atomic E-state index is 0.0949. The van der Waals surface area contributed by atoms with E-state index in [0.717, 1.165) is 16.7 Å². The van der Waals surface area contributed by atoms with Gasteiger partial charge in [0.2, 0.25) is 0 Å². The maximum Gasteiger partial charge on any atom is 0.155 e. The molecule has 0 spiro atoms. The SMILES string of the molecule is COc1cc(O)cc2oc(-c3cn4nc(C)ccc4n3)cc12. The van der Waals surface area contributed by atoms with Crippen molar-refractivity contribution in [2.24, 2.45) is 0 Å². The fourth-order valence-electron chi connectivity index (χ4n) is 2.48. The second-order valence-electron chi connectivity index (χ2n) is 5.07. The van der Waals surface area contributed by atoms with Gasteiger partial charge in [-0.3, -0.25) is 0 Å². The van der Waals surface area contributed by atoms with E-state index in [1.165, 1.54) is 0 Å². The first kappa shape index (κ1) is 12.7. The lowest BCUT2D eigenvalue weighted by Crippen LogP contribution is -1.91. The van der Waals surface area contributed by atoms with Crippen molar-refractivity contribution in [2.45, 2.75) is 6.92 Å². The van der Waals surface area contributed by atoms with Gasteiger partial charge in [0.1, 0.15) is 22.8 Å². The van der Waals surface area contributed by atoms with Crippen LogP contribution in [-0.4, -0.2) is 26.8 Å². The van der Waals surface area contributed by atoms with E-state index in [4.69, 9.17) is 9.15 Å². The van der Waals surface area contributed by atoms with Crippen molar-refractivity contribution in [1.29, 1.82) is 0 Å². The third kappa shape index (κ3) is 1.88. The summed E-state index contributed by atoms with van der Waals surface area (Å²) in [5.41, 5.74) is 2.88. The Balaban J connectivity index is 1.92. The number of methoxy groups -OCH3 is 1. The van der Waals surface area contributed by atoms with Gasteiger partial charge in [-0.1, -0.05) is 0 Å². The highest BCUT2D eigenvalue weighted by Gasteiger charge is 2.14. The fourth-order valence-corrected chi connectivity index (χ4v) is 2.48. The molecule has 0 unspecified atom stereocenters. The molecule has 4 rings (SSSR count). The molecule has 0 radical (unpaired) electrons. The highest BCUT2D eigenvalue weighted by atomic mass is 16.5. The molecule has 3 heterocycles. The van der Waals surface area contributed by atoms with Crippen LogP contribution in [0.5, 0.6) is 11.5 Å². The molecule has 0 bridgehead atoms. The topological polar surface area (TPSA) is 72.8 Å². The smallest absolute Gasteiger partial charge is 0.155 e. The second-order valence-corrected chi connectivity index (χ2v) is 5.07. The molecular formula is C16H13N3O3. The van der Waals surface area contributed by atoms with Gasteiger partial charge in [0.05, 0.1) is 24.4 Å². The van der Waals surface area contributed by atoms with Crippen LogP contribution in [0.25, 0.3) is 28.1 Å². The number of phenols is 1. The monoisotopic (exact) mass is 295 g/mol. The molecule has 22 heavy (non-hydrogen) atoms. The van der Waals surface area contributed by atoms with Gasteiger partial charge in [-0.05, 0) is 25.1 Å². The molecule has 4 aromatic rings. The van der Waals surface area contributed by atoms with Crippen molar-refractivity contribution in [1.82, 2.24) is 14.6 Å². The highest BCUT2D eigenvalue weighted by Crippen LogP contribution is 2.36. The van der Waals surface area contributed by atoms with Crippen molar-refractivity contribution in [2.75, 3.05) is 7.11 Å². The number of nitrogens with zero attached hydrogens (tertiary/aromatic N) is 3. The number of aromatic hydroxyl groups is 1. The lowest BCUT2D eigenvalue weighted by Gasteiger charge is -2.00. The number of furan rings is 1. The van der Waals surface area contributed by atoms with Gasteiger partial charge < -0.3 is 14.3 Å². The van der Waals surface area contributed by atoms with Crippen molar-refractivity contribution in [3.05, 3.63) is 42.2 Å². The predicted molar refractivity (Wildman–Crippen MR) is 81.1 cm³/mol. The van der Waals surface area contributed by atoms with Gasteiger partial charge in [0.15, 0.2) is 11.4 Å². The Labute approximate surface area is 125 Å². The van der Waals surface area contributed by atoms with Crippen LogP contribution in [0.4, 0.5) is 0 Å². The summed E-state index contributed by atoms with van der Waals surface area (Å²) in [5, 5.41) is 14.9. The molecule has 0 aliphatic heterocycles. The number of ether oxygens (including phenoxy) is 1. The van der Waals surface area contributed by atoms with Gasteiger partial charge in [-0.2, -0.15) is 5.10 Å². The summed E-state index contributed by atoms with van der Waals surface area (Å²) in [6.07, 6.45) is 1.81. The van der Waals surface area contributed by atoms with Crippen molar-refractivity contribution < 1.29 is 14.3 Å². The number of rotatable bonds is 2. The molecule has 0 aliphatic carbocycles. The Morgan fingerprint density at radius 3 is 2.91 bits per heavy atom. The fraction of sp³-hybridized carbons (Fsp3) is 0.125. The van der Waals surface area contributed by atoms with Crippen LogP contribution in [-0.2, 0) is 0 Å². The molecule has 3 aromatic heterocycles. The van der Waals surface area contributed by atoms with E-state index in [1.54, 1.807) is 23.8 Å². The van der Waals surface area contributed by atoms with Gasteiger partial charge >= 0.3 is 0 Å². The summed E-state index contributed by atoms with van der Waals surface area (Å²) in [7, 11) is 1.55. The second kappa shape index (κ2) is 4.49. The number of hydrogen-bond donors (Lipinski definition) is 1. The molecule has 0 fully saturated rings. The van der Waals surface area contributed by atoms with E-state index < -0.39 is 0 Å². The van der Waals surface area contributed by atoms with E-state index in [0.29, 0.717) is 22.8 Å². The molecule has 6 nitrogen and oxygen atoms in total. The van der Waals surface area contributed by atoms with E-state index >= 15 is 0 Å². The molecule has 0 atom stereocenters. The first-order chi connectivity index (χ1) is 10.6. The normalized spacial score (nSPS) is 11.4. The molecule has 0 saturated heterocycles. The summed E-state index contributed by atoms with van der Waals surface area (Å²) in [6, 6.07) is 8.77. The Bertz CT molecular complexity index is 1000. The third-order valence-corrected chi connectivity index (χ3v) is 3.51. The number of phenolic OH excluding ortho intramolecular Hbond substituents is 1. The van der Waals surface area contributed by atoms with Gasteiger partial charge in [-0.15, -0.1) is 0 Å². The molecule has 0 saturated carbocycles. The Hall–Kier alpha value is -3.02. The van der Waals surface area contributed by atoms with Gasteiger partial charge in [-0.25, -0.2) is 9.50 Å². The molecule has 0 aliphatic rings. The van der Waals surface area contributed by atoms with Crippen LogP contribution in [0.15, 0.2) is 40.9 Å². The summed E-state index contributed by atoms with van der Waals surface area (Å²) in [6.45, 7) is 1.92. The molecule has 0 amide bonds. The van der Waals surface area contributed by atoms with Crippen LogP contribution in [0.2, 0.25) is 0 Å². The van der Waals surface area contributed by atoms with Crippen molar-refractivity contribution >= 4 is 16.6 Å². The maximum atomic E-state index is 9.70. The summed E-state index contributed by atoms with van der Waals surface area (Å²) in [4.78, 5) is 4.50. The molecular weight excluding hydrogens is 282 g/mol. The lowest BCUT2D eigenvalue weighted by atomic mass is 10.2. The summed E-state index contributed by atoms with van der Waals surface area (Å²) in [5.74, 6) is 1.25. The number of benzene rings is 1. The van der Waals surface area contributed by atoms with Crippen molar-refractivity contribution in [3.63, 3.8) is 0 Å². The number of hydrogen-bond acceptors (Lipinski definition) is 5. The molecule has 110 valence electrons. The van der Waals surface area contributed by atoms with Crippen LogP contribution in [0, 0.1) is 6.92 Å². The average molecular weight is 295 g/mol. The standard InChI is InChI=1S/C16H13N3O3/c1-9-3-4-16-17-12(8-19(16)18-9)15-7-11-13(21-2)5-10(20)6-14(11)22-15/h3-8,20H,1-2H3. The average Bonchev–Trinajstić information content (AvgIpc) is 3.08. The number of aryl methyl sites for hydroxylation is 1. The van der Waals surface area contributed by atoms with Crippen molar-refractivity contribution in [3.8, 4) is 23.0 Å². The molecule has 1 aromatic carbocycles. The zero-order valence-corrected chi connectivity index (χ0v) is 12.1. The minimum Gasteiger partial charge on any atom is -0.508 e. The number of fused-ring (bicyclic) bond motifs is 2. The summed E-state index contributed by atoms with van der Waals surface area (Å²) < 4.78 is 12.8. The van der Waals surface area contributed by atoms with Gasteiger partial charge in [0, 0.05) is 12.1 Å². The number of aromatic nitrogens is 3. The Morgan fingerprint density at radius 2 is 2.09 bits per heavy atom. The van der Waals surface area contributed by atoms with Crippen LogP contribution < -0.4 is 4.74 Å². The largest absolute Gasteiger partial charge is 0.508 e. The zero-order valence-electron chi connectivity index (χ0n) is 12.1. The van der Waals surface area contributed by atoms with Crippen LogP contribution >= 0.6 is 0 Å². The van der Waals surface area contributed by atoms with E-state index in [1.807, 2.05) is 31.3 Å². The molecule has 1 N–H and O–H groups in total. The number of imidazole rings is 1. The first-order valence-electron chi connectivity index (χ1n) is 6.78. The third-order valence-electron chi connectivity index (χ3n) is 3.51. The molecule has 6 heteroatoms. The van der Waals surface area contributed by atoms with E-state index in [2.05, 4.69) is 10.1 Å². The summed E-state index contributed by atoms with van der Waals surface area (Å²) >= 11 is 0. The first-order valence-corrected chi connectivity index (χ1v) is 6.78. The van der Waals surface area contributed by atoms with Crippen LogP contribution in [0.3, 0.4) is 0 Å². The van der Waals surface area contributed by atoms with E-state index in [9.17, 15) is 5.11 Å². The Kier molecular flexibility index (Phi) is 2.59. The van der Waals surface area contributed by atoms with E-state index in [-0.39, 0.29) is 5.75 Å². The minimum absolute atomic E-state index is 0.0949. The maximum absolute atomic E-state index is 9.70. The predicted octanol–water partition coefficient (Wildman–Crippen LogP) is 3.17. The zero-order chi connectivity index (χ0) is 15.3. The quantitative estimate of drug-likeness (QED) is 0.615. The lowest BCUT2D eigenvalue weighted by molar-refractivity contribution is 0.412. The van der Waals surface area contributed by atoms with Gasteiger partial charge in [0.25, 0.3) is 0 Å². The Morgan fingerprint density at radius 1 is 1.23 bits per heavy atom.